The molecule has 0 aromatic carbocycles. The summed E-state index contributed by atoms with van der Waals surface area (Å²) in [6.45, 7) is 2.03. The first kappa shape index (κ1) is 10.3. The van der Waals surface area contributed by atoms with Gasteiger partial charge in [0.2, 0.25) is 0 Å². The lowest BCUT2D eigenvalue weighted by Gasteiger charge is -2.16. The molecule has 0 aliphatic carbocycles. The van der Waals surface area contributed by atoms with Crippen LogP contribution in [0, 0.1) is 0 Å². The number of rotatable bonds is 1. The minimum Gasteiger partial charge on any atom is -0.369 e. The Hall–Kier alpha value is -0.800. The number of hydrogen-bond donors (Lipinski definition) is 1. The van der Waals surface area contributed by atoms with E-state index in [-0.39, 0.29) is 12.4 Å². The van der Waals surface area contributed by atoms with Crippen molar-refractivity contribution in [2.45, 2.75) is 12.5 Å². The Balaban J connectivity index is 0.000000845. The molecule has 0 spiro atoms. The molecule has 1 fully saturated rings. The van der Waals surface area contributed by atoms with Crippen LogP contribution in [0.25, 0.3) is 0 Å². The Bertz CT molecular complexity index is 252. The van der Waals surface area contributed by atoms with E-state index in [1.807, 2.05) is 12.3 Å². The number of anilines is 1. The Morgan fingerprint density at radius 1 is 1.54 bits per heavy atom. The van der Waals surface area contributed by atoms with Crippen LogP contribution in [0.15, 0.2) is 24.5 Å². The van der Waals surface area contributed by atoms with E-state index in [1.54, 1.807) is 6.20 Å². The maximum absolute atomic E-state index is 5.80. The zero-order valence-corrected chi connectivity index (χ0v) is 8.20. The Kier molecular flexibility index (Phi) is 3.51. The molecule has 0 saturated carbocycles. The van der Waals surface area contributed by atoms with Gasteiger partial charge in [0, 0.05) is 25.3 Å². The third-order valence-electron chi connectivity index (χ3n) is 2.24. The maximum Gasteiger partial charge on any atom is 0.0553 e. The van der Waals surface area contributed by atoms with Gasteiger partial charge in [0.15, 0.2) is 0 Å². The zero-order valence-electron chi connectivity index (χ0n) is 7.39. The number of nitrogens with two attached hydrogens (primary N) is 1. The van der Waals surface area contributed by atoms with Crippen LogP contribution in [0.4, 0.5) is 5.69 Å². The molecule has 1 aliphatic rings. The number of halogens is 1. The predicted octanol–water partition coefficient (Wildman–Crippen LogP) is 1.04. The molecule has 72 valence electrons. The van der Waals surface area contributed by atoms with Crippen molar-refractivity contribution in [3.63, 3.8) is 0 Å². The lowest BCUT2D eigenvalue weighted by molar-refractivity contribution is 0.752. The van der Waals surface area contributed by atoms with Gasteiger partial charge < -0.3 is 10.6 Å². The second kappa shape index (κ2) is 4.44. The first-order valence-electron chi connectivity index (χ1n) is 4.27. The van der Waals surface area contributed by atoms with Crippen LogP contribution in [-0.2, 0) is 0 Å². The van der Waals surface area contributed by atoms with Crippen molar-refractivity contribution in [2.24, 2.45) is 5.73 Å². The third kappa shape index (κ3) is 2.32. The molecule has 1 unspecified atom stereocenters. The van der Waals surface area contributed by atoms with Crippen molar-refractivity contribution in [3.05, 3.63) is 24.5 Å². The largest absolute Gasteiger partial charge is 0.369 e. The Labute approximate surface area is 84.4 Å². The third-order valence-corrected chi connectivity index (χ3v) is 2.24. The van der Waals surface area contributed by atoms with E-state index in [1.165, 1.54) is 5.69 Å². The second-order valence-corrected chi connectivity index (χ2v) is 3.21. The minimum absolute atomic E-state index is 0. The highest BCUT2D eigenvalue weighted by atomic mass is 35.5. The van der Waals surface area contributed by atoms with E-state index in [9.17, 15) is 0 Å². The fraction of sp³-hybridized carbons (Fsp3) is 0.444. The number of aromatic nitrogens is 1. The van der Waals surface area contributed by atoms with E-state index in [2.05, 4.69) is 16.0 Å². The van der Waals surface area contributed by atoms with Crippen LogP contribution in [0.2, 0.25) is 0 Å². The summed E-state index contributed by atoms with van der Waals surface area (Å²) in [5.41, 5.74) is 6.99. The van der Waals surface area contributed by atoms with E-state index in [0.29, 0.717) is 6.04 Å². The van der Waals surface area contributed by atoms with E-state index in [0.717, 1.165) is 19.5 Å². The highest BCUT2D eigenvalue weighted by molar-refractivity contribution is 5.85. The molecule has 0 amide bonds. The number of hydrogen-bond acceptors (Lipinski definition) is 3. The molecule has 1 saturated heterocycles. The van der Waals surface area contributed by atoms with E-state index >= 15 is 0 Å². The van der Waals surface area contributed by atoms with Gasteiger partial charge in [-0.05, 0) is 18.6 Å². The smallest absolute Gasteiger partial charge is 0.0553 e. The summed E-state index contributed by atoms with van der Waals surface area (Å²) in [6.07, 6.45) is 4.77. The van der Waals surface area contributed by atoms with Crippen LogP contribution >= 0.6 is 12.4 Å². The van der Waals surface area contributed by atoms with Gasteiger partial charge in [0.25, 0.3) is 0 Å². The van der Waals surface area contributed by atoms with Crippen molar-refractivity contribution in [1.29, 1.82) is 0 Å². The SMILES string of the molecule is Cl.NC1CCN(c2cccnc2)C1. The van der Waals surface area contributed by atoms with Gasteiger partial charge in [-0.25, -0.2) is 0 Å². The predicted molar refractivity (Wildman–Crippen MR) is 56.3 cm³/mol. The van der Waals surface area contributed by atoms with Gasteiger partial charge >= 0.3 is 0 Å². The Morgan fingerprint density at radius 2 is 2.38 bits per heavy atom. The van der Waals surface area contributed by atoms with Gasteiger partial charge in [-0.3, -0.25) is 4.98 Å². The molecular formula is C9H14ClN3. The first-order chi connectivity index (χ1) is 5.86. The van der Waals surface area contributed by atoms with E-state index in [4.69, 9.17) is 5.73 Å². The average Bonchev–Trinajstić information content (AvgIpc) is 2.54. The molecule has 1 aromatic rings. The minimum atomic E-state index is 0. The van der Waals surface area contributed by atoms with Gasteiger partial charge in [0.1, 0.15) is 0 Å². The molecule has 1 atom stereocenters. The van der Waals surface area contributed by atoms with Crippen molar-refractivity contribution in [1.82, 2.24) is 4.98 Å². The zero-order chi connectivity index (χ0) is 8.39. The highest BCUT2D eigenvalue weighted by Crippen LogP contribution is 2.17. The van der Waals surface area contributed by atoms with Crippen molar-refractivity contribution in [2.75, 3.05) is 18.0 Å². The average molecular weight is 200 g/mol. The molecule has 1 aliphatic heterocycles. The van der Waals surface area contributed by atoms with E-state index < -0.39 is 0 Å². The van der Waals surface area contributed by atoms with Crippen LogP contribution in [0.5, 0.6) is 0 Å². The fourth-order valence-corrected chi connectivity index (χ4v) is 1.56. The molecule has 0 radical (unpaired) electrons. The summed E-state index contributed by atoms with van der Waals surface area (Å²) in [7, 11) is 0. The summed E-state index contributed by atoms with van der Waals surface area (Å²) in [5, 5.41) is 0. The number of pyridine rings is 1. The lowest BCUT2D eigenvalue weighted by atomic mass is 10.3. The van der Waals surface area contributed by atoms with Gasteiger partial charge in [0.05, 0.1) is 11.9 Å². The molecule has 2 N–H and O–H groups in total. The van der Waals surface area contributed by atoms with Gasteiger partial charge in [-0.1, -0.05) is 0 Å². The first-order valence-corrected chi connectivity index (χ1v) is 4.27. The molecule has 2 heterocycles. The normalized spacial score (nSPS) is 21.3. The summed E-state index contributed by atoms with van der Waals surface area (Å²) in [4.78, 5) is 6.35. The summed E-state index contributed by atoms with van der Waals surface area (Å²) >= 11 is 0. The fourth-order valence-electron chi connectivity index (χ4n) is 1.56. The molecular weight excluding hydrogens is 186 g/mol. The second-order valence-electron chi connectivity index (χ2n) is 3.21. The van der Waals surface area contributed by atoms with Crippen molar-refractivity contribution < 1.29 is 0 Å². The quantitative estimate of drug-likeness (QED) is 0.735. The summed E-state index contributed by atoms with van der Waals surface area (Å²) in [6, 6.07) is 4.37. The Morgan fingerprint density at radius 3 is 2.92 bits per heavy atom. The maximum atomic E-state index is 5.80. The van der Waals surface area contributed by atoms with Gasteiger partial charge in [-0.2, -0.15) is 0 Å². The van der Waals surface area contributed by atoms with Crippen LogP contribution in [0.1, 0.15) is 6.42 Å². The molecule has 1 aromatic heterocycles. The van der Waals surface area contributed by atoms with Crippen LogP contribution < -0.4 is 10.6 Å². The summed E-state index contributed by atoms with van der Waals surface area (Å²) < 4.78 is 0. The molecule has 0 bridgehead atoms. The summed E-state index contributed by atoms with van der Waals surface area (Å²) in [5.74, 6) is 0. The standard InChI is InChI=1S/C9H13N3.ClH/c10-8-3-5-12(7-8)9-2-1-4-11-6-9;/h1-2,4,6,8H,3,5,7,10H2;1H. The van der Waals surface area contributed by atoms with Crippen molar-refractivity contribution >= 4 is 18.1 Å². The van der Waals surface area contributed by atoms with Gasteiger partial charge in [-0.15, -0.1) is 12.4 Å². The lowest BCUT2D eigenvalue weighted by Crippen LogP contribution is -2.26. The molecule has 3 nitrogen and oxygen atoms in total. The number of nitrogens with zero attached hydrogens (tertiary/aromatic N) is 2. The highest BCUT2D eigenvalue weighted by Gasteiger charge is 2.18. The topological polar surface area (TPSA) is 42.1 Å². The molecule has 13 heavy (non-hydrogen) atoms. The molecule has 2 rings (SSSR count). The van der Waals surface area contributed by atoms with Crippen LogP contribution in [-0.4, -0.2) is 24.1 Å². The molecule has 4 heteroatoms. The van der Waals surface area contributed by atoms with Crippen LogP contribution in [0.3, 0.4) is 0 Å². The monoisotopic (exact) mass is 199 g/mol. The van der Waals surface area contributed by atoms with Crippen molar-refractivity contribution in [3.8, 4) is 0 Å².